The van der Waals surface area contributed by atoms with E-state index in [-0.39, 0.29) is 17.4 Å². The second-order valence-corrected chi connectivity index (χ2v) is 8.72. The molecule has 158 valence electrons. The van der Waals surface area contributed by atoms with Crippen molar-refractivity contribution in [2.24, 2.45) is 0 Å². The van der Waals surface area contributed by atoms with Crippen molar-refractivity contribution >= 4 is 29.1 Å². The molecule has 1 aromatic carbocycles. The maximum absolute atomic E-state index is 12.7. The summed E-state index contributed by atoms with van der Waals surface area (Å²) in [5.41, 5.74) is 3.71. The van der Waals surface area contributed by atoms with Crippen LogP contribution in [-0.2, 0) is 9.59 Å². The standard InChI is InChI=1S/C24H23N3O3S/c1-14-6-9-16(10-7-14)26-21(29)13-31-24-17(12-25)22(20-11-8-15(2)30-20)23-18(27-24)4-3-5-19(23)28/h6-11,22,27H,3-5,13H2,1-2H3,(H,26,29)/t22-/m0/s1. The van der Waals surface area contributed by atoms with Gasteiger partial charge in [-0.05, 0) is 51.0 Å². The van der Waals surface area contributed by atoms with Gasteiger partial charge in [0.15, 0.2) is 5.78 Å². The predicted octanol–water partition coefficient (Wildman–Crippen LogP) is 4.70. The lowest BCUT2D eigenvalue weighted by atomic mass is 9.79. The molecule has 4 rings (SSSR count). The highest BCUT2D eigenvalue weighted by molar-refractivity contribution is 8.03. The van der Waals surface area contributed by atoms with Gasteiger partial charge < -0.3 is 15.1 Å². The number of dihydropyridines is 1. The molecule has 6 nitrogen and oxygen atoms in total. The van der Waals surface area contributed by atoms with Gasteiger partial charge in [0, 0.05) is 23.4 Å². The van der Waals surface area contributed by atoms with Crippen LogP contribution in [0.3, 0.4) is 0 Å². The third-order valence-corrected chi connectivity index (χ3v) is 6.41. The number of ketones is 1. The number of amides is 1. The number of nitrogens with one attached hydrogen (secondary N) is 2. The van der Waals surface area contributed by atoms with E-state index in [1.807, 2.05) is 50.2 Å². The van der Waals surface area contributed by atoms with Gasteiger partial charge in [0.25, 0.3) is 0 Å². The molecule has 0 fully saturated rings. The number of nitriles is 1. The highest BCUT2D eigenvalue weighted by Crippen LogP contribution is 2.44. The van der Waals surface area contributed by atoms with E-state index in [9.17, 15) is 14.9 Å². The van der Waals surface area contributed by atoms with Crippen LogP contribution in [0, 0.1) is 25.2 Å². The number of allylic oxidation sites excluding steroid dienone is 3. The zero-order chi connectivity index (χ0) is 22.0. The number of rotatable bonds is 5. The Bertz CT molecular complexity index is 1140. The predicted molar refractivity (Wildman–Crippen MR) is 120 cm³/mol. The fraction of sp³-hybridized carbons (Fsp3) is 0.292. The summed E-state index contributed by atoms with van der Waals surface area (Å²) >= 11 is 1.27. The Labute approximate surface area is 185 Å². The lowest BCUT2D eigenvalue weighted by molar-refractivity contribution is -0.116. The molecule has 1 aliphatic heterocycles. The molecular weight excluding hydrogens is 410 g/mol. The summed E-state index contributed by atoms with van der Waals surface area (Å²) in [4.78, 5) is 25.2. The topological polar surface area (TPSA) is 95.1 Å². The van der Waals surface area contributed by atoms with Crippen molar-refractivity contribution in [2.45, 2.75) is 39.0 Å². The number of Topliss-reactive ketones (excluding diaryl/α,β-unsaturated/α-hetero) is 1. The van der Waals surface area contributed by atoms with Crippen LogP contribution >= 0.6 is 11.8 Å². The van der Waals surface area contributed by atoms with Gasteiger partial charge >= 0.3 is 0 Å². The van der Waals surface area contributed by atoms with Gasteiger partial charge in [-0.15, -0.1) is 0 Å². The molecule has 1 atom stereocenters. The second kappa shape index (κ2) is 8.86. The number of nitrogens with zero attached hydrogens (tertiary/aromatic N) is 1. The van der Waals surface area contributed by atoms with Crippen LogP contribution in [0.15, 0.2) is 62.7 Å². The summed E-state index contributed by atoms with van der Waals surface area (Å²) in [6.07, 6.45) is 1.97. The van der Waals surface area contributed by atoms with Crippen molar-refractivity contribution in [3.05, 3.63) is 75.4 Å². The van der Waals surface area contributed by atoms with E-state index >= 15 is 0 Å². The Morgan fingerprint density at radius 3 is 2.68 bits per heavy atom. The first kappa shape index (κ1) is 21.0. The number of anilines is 1. The fourth-order valence-corrected chi connectivity index (χ4v) is 4.76. The van der Waals surface area contributed by atoms with Gasteiger partial charge in [0.1, 0.15) is 11.5 Å². The number of hydrogen-bond acceptors (Lipinski definition) is 6. The van der Waals surface area contributed by atoms with Gasteiger partial charge in [-0.2, -0.15) is 5.26 Å². The Morgan fingerprint density at radius 1 is 1.23 bits per heavy atom. The average Bonchev–Trinajstić information content (AvgIpc) is 3.19. The molecule has 7 heteroatoms. The number of benzene rings is 1. The highest BCUT2D eigenvalue weighted by Gasteiger charge is 2.38. The average molecular weight is 434 g/mol. The first-order valence-corrected chi connectivity index (χ1v) is 11.2. The van der Waals surface area contributed by atoms with Crippen LogP contribution in [0.4, 0.5) is 5.69 Å². The Morgan fingerprint density at radius 2 is 2.00 bits per heavy atom. The molecule has 0 radical (unpaired) electrons. The maximum atomic E-state index is 12.7. The fourth-order valence-electron chi connectivity index (χ4n) is 3.90. The minimum atomic E-state index is -0.537. The number of thioether (sulfide) groups is 1. The Hall–Kier alpha value is -3.24. The molecule has 1 aromatic heterocycles. The van der Waals surface area contributed by atoms with Crippen LogP contribution in [0.2, 0.25) is 0 Å². The van der Waals surface area contributed by atoms with Crippen molar-refractivity contribution in [3.63, 3.8) is 0 Å². The normalized spacial score (nSPS) is 18.4. The molecule has 1 amide bonds. The van der Waals surface area contributed by atoms with Crippen molar-refractivity contribution in [1.29, 1.82) is 5.26 Å². The van der Waals surface area contributed by atoms with Crippen LogP contribution in [-0.4, -0.2) is 17.4 Å². The van der Waals surface area contributed by atoms with E-state index in [0.717, 1.165) is 35.5 Å². The first-order chi connectivity index (χ1) is 15.0. The summed E-state index contributed by atoms with van der Waals surface area (Å²) < 4.78 is 5.83. The number of carbonyl (C=O) groups excluding carboxylic acids is 2. The van der Waals surface area contributed by atoms with Crippen LogP contribution in [0.5, 0.6) is 0 Å². The van der Waals surface area contributed by atoms with E-state index in [1.54, 1.807) is 0 Å². The zero-order valence-electron chi connectivity index (χ0n) is 17.5. The Kier molecular flexibility index (Phi) is 6.01. The summed E-state index contributed by atoms with van der Waals surface area (Å²) in [5, 5.41) is 16.7. The molecule has 2 aromatic rings. The SMILES string of the molecule is Cc1ccc(NC(=O)CSC2=C(C#N)[C@@H](c3ccc(C)o3)C3=C(CCCC3=O)N2)cc1. The summed E-state index contributed by atoms with van der Waals surface area (Å²) in [6, 6.07) is 13.5. The monoisotopic (exact) mass is 433 g/mol. The minimum Gasteiger partial charge on any atom is -0.465 e. The summed E-state index contributed by atoms with van der Waals surface area (Å²) in [6.45, 7) is 3.82. The van der Waals surface area contributed by atoms with Crippen molar-refractivity contribution in [2.75, 3.05) is 11.1 Å². The minimum absolute atomic E-state index is 0.0433. The highest BCUT2D eigenvalue weighted by atomic mass is 32.2. The summed E-state index contributed by atoms with van der Waals surface area (Å²) in [7, 11) is 0. The smallest absolute Gasteiger partial charge is 0.234 e. The van der Waals surface area contributed by atoms with Gasteiger partial charge in [-0.3, -0.25) is 9.59 Å². The third kappa shape index (κ3) is 4.44. The molecule has 0 unspecified atom stereocenters. The second-order valence-electron chi connectivity index (χ2n) is 7.73. The van der Waals surface area contributed by atoms with Crippen molar-refractivity contribution in [3.8, 4) is 6.07 Å². The number of hydrogen-bond donors (Lipinski definition) is 2. The van der Waals surface area contributed by atoms with Gasteiger partial charge in [0.05, 0.1) is 28.3 Å². The van der Waals surface area contributed by atoms with Gasteiger partial charge in [-0.25, -0.2) is 0 Å². The molecular formula is C24H23N3O3S. The molecule has 0 spiro atoms. The third-order valence-electron chi connectivity index (χ3n) is 5.39. The maximum Gasteiger partial charge on any atom is 0.234 e. The van der Waals surface area contributed by atoms with Crippen LogP contribution in [0.25, 0.3) is 0 Å². The molecule has 0 bridgehead atoms. The molecule has 2 heterocycles. The van der Waals surface area contributed by atoms with Crippen molar-refractivity contribution < 1.29 is 14.0 Å². The summed E-state index contributed by atoms with van der Waals surface area (Å²) in [5.74, 6) is 0.794. The van der Waals surface area contributed by atoms with Crippen LogP contribution in [0.1, 0.15) is 42.3 Å². The van der Waals surface area contributed by atoms with Crippen molar-refractivity contribution in [1.82, 2.24) is 5.32 Å². The number of aryl methyl sites for hydroxylation is 2. The van der Waals surface area contributed by atoms with Crippen LogP contribution < -0.4 is 10.6 Å². The quantitative estimate of drug-likeness (QED) is 0.710. The molecule has 0 saturated heterocycles. The van der Waals surface area contributed by atoms with Gasteiger partial charge in [0.2, 0.25) is 5.91 Å². The molecule has 2 aliphatic rings. The first-order valence-electron chi connectivity index (χ1n) is 10.2. The lowest BCUT2D eigenvalue weighted by Gasteiger charge is -2.32. The van der Waals surface area contributed by atoms with E-state index in [0.29, 0.717) is 28.4 Å². The molecule has 1 aliphatic carbocycles. The molecule has 0 saturated carbocycles. The van der Waals surface area contributed by atoms with E-state index in [1.165, 1.54) is 11.8 Å². The number of furan rings is 1. The zero-order valence-corrected chi connectivity index (χ0v) is 18.3. The Balaban J connectivity index is 1.58. The lowest BCUT2D eigenvalue weighted by Crippen LogP contribution is -2.31. The molecule has 2 N–H and O–H groups in total. The largest absolute Gasteiger partial charge is 0.465 e. The van der Waals surface area contributed by atoms with E-state index in [2.05, 4.69) is 16.7 Å². The van der Waals surface area contributed by atoms with Gasteiger partial charge in [-0.1, -0.05) is 29.5 Å². The van der Waals surface area contributed by atoms with E-state index < -0.39 is 5.92 Å². The van der Waals surface area contributed by atoms with E-state index in [4.69, 9.17) is 4.42 Å². The number of carbonyl (C=O) groups is 2. The molecule has 31 heavy (non-hydrogen) atoms.